The number of aromatic nitrogens is 3. The first-order valence-electron chi connectivity index (χ1n) is 8.95. The van der Waals surface area contributed by atoms with E-state index in [0.717, 1.165) is 18.4 Å². The Hall–Kier alpha value is -3.00. The summed E-state index contributed by atoms with van der Waals surface area (Å²) in [6.07, 6.45) is 3.28. The number of anilines is 2. The normalized spacial score (nSPS) is 11.0. The Morgan fingerprint density at radius 2 is 2.14 bits per heavy atom. The molecule has 0 amide bonds. The van der Waals surface area contributed by atoms with E-state index in [1.807, 2.05) is 19.1 Å². The number of aromatic amines is 1. The zero-order chi connectivity index (χ0) is 20.3. The number of benzene rings is 1. The van der Waals surface area contributed by atoms with Crippen molar-refractivity contribution < 1.29 is 4.42 Å². The van der Waals surface area contributed by atoms with Crippen LogP contribution in [0.3, 0.4) is 0 Å². The van der Waals surface area contributed by atoms with Gasteiger partial charge in [-0.25, -0.2) is 9.78 Å². The van der Waals surface area contributed by atoms with E-state index in [1.54, 1.807) is 30.3 Å². The minimum absolute atomic E-state index is 0.131. The fourth-order valence-corrected chi connectivity index (χ4v) is 3.12. The van der Waals surface area contributed by atoms with Gasteiger partial charge >= 0.3 is 5.69 Å². The number of nitrogens with two attached hydrogens (primary N) is 1. The van der Waals surface area contributed by atoms with Crippen LogP contribution in [0.1, 0.15) is 25.7 Å². The predicted molar refractivity (Wildman–Crippen MR) is 110 cm³/mol. The minimum Gasteiger partial charge on any atom is -0.439 e. The van der Waals surface area contributed by atoms with Gasteiger partial charge in [-0.3, -0.25) is 14.3 Å². The summed E-state index contributed by atoms with van der Waals surface area (Å²) >= 11 is 6.01. The van der Waals surface area contributed by atoms with Gasteiger partial charge < -0.3 is 15.1 Å². The molecule has 8 nitrogen and oxygen atoms in total. The Morgan fingerprint density at radius 1 is 1.36 bits per heavy atom. The van der Waals surface area contributed by atoms with Crippen molar-refractivity contribution in [3.8, 4) is 11.3 Å². The summed E-state index contributed by atoms with van der Waals surface area (Å²) in [5, 5.41) is 0.598. The zero-order valence-corrected chi connectivity index (χ0v) is 16.5. The first-order valence-corrected chi connectivity index (χ1v) is 9.33. The molecule has 2 heterocycles. The Morgan fingerprint density at radius 3 is 2.86 bits per heavy atom. The number of rotatable bonds is 7. The van der Waals surface area contributed by atoms with Gasteiger partial charge in [-0.2, -0.15) is 0 Å². The average molecular weight is 404 g/mol. The molecule has 28 heavy (non-hydrogen) atoms. The van der Waals surface area contributed by atoms with E-state index in [0.29, 0.717) is 23.2 Å². The molecule has 0 saturated carbocycles. The molecule has 0 bridgehead atoms. The maximum atomic E-state index is 12.3. The molecule has 0 spiro atoms. The van der Waals surface area contributed by atoms with E-state index in [1.165, 1.54) is 4.57 Å². The standard InChI is InChI=1S/C19H22ClN5O3/c1-3-4-8-25-17(21)16(18(26)23-19(25)27)24(2)11-15-22-10-14(28-15)12-6-5-7-13(20)9-12/h5-7,9-10H,3-4,8,11,21H2,1-2H3,(H,23,26,27). The second-order valence-electron chi connectivity index (χ2n) is 6.48. The van der Waals surface area contributed by atoms with Gasteiger partial charge in [-0.05, 0) is 18.6 Å². The summed E-state index contributed by atoms with van der Waals surface area (Å²) < 4.78 is 7.16. The lowest BCUT2D eigenvalue weighted by Crippen LogP contribution is -2.37. The van der Waals surface area contributed by atoms with Gasteiger partial charge in [-0.1, -0.05) is 37.1 Å². The van der Waals surface area contributed by atoms with Crippen molar-refractivity contribution >= 4 is 23.1 Å². The van der Waals surface area contributed by atoms with E-state index in [-0.39, 0.29) is 18.1 Å². The van der Waals surface area contributed by atoms with Crippen LogP contribution in [0.25, 0.3) is 11.3 Å². The summed E-state index contributed by atoms with van der Waals surface area (Å²) in [7, 11) is 1.69. The molecule has 0 atom stereocenters. The van der Waals surface area contributed by atoms with Crippen molar-refractivity contribution in [2.45, 2.75) is 32.9 Å². The fourth-order valence-electron chi connectivity index (χ4n) is 2.92. The van der Waals surface area contributed by atoms with Crippen LogP contribution in [0.4, 0.5) is 11.5 Å². The van der Waals surface area contributed by atoms with Crippen LogP contribution in [0.2, 0.25) is 5.02 Å². The molecule has 3 N–H and O–H groups in total. The molecule has 0 aliphatic carbocycles. The molecule has 0 radical (unpaired) electrons. The number of nitrogens with one attached hydrogen (secondary N) is 1. The third-order valence-corrected chi connectivity index (χ3v) is 4.60. The maximum absolute atomic E-state index is 12.3. The summed E-state index contributed by atoms with van der Waals surface area (Å²) in [6, 6.07) is 7.25. The predicted octanol–water partition coefficient (Wildman–Crippen LogP) is 2.86. The largest absolute Gasteiger partial charge is 0.439 e. The number of halogens is 1. The van der Waals surface area contributed by atoms with Crippen molar-refractivity contribution in [2.75, 3.05) is 17.7 Å². The number of hydrogen-bond acceptors (Lipinski definition) is 6. The van der Waals surface area contributed by atoms with Crippen LogP contribution in [0.5, 0.6) is 0 Å². The lowest BCUT2D eigenvalue weighted by molar-refractivity contribution is 0.503. The van der Waals surface area contributed by atoms with Crippen molar-refractivity contribution in [1.29, 1.82) is 0 Å². The van der Waals surface area contributed by atoms with Gasteiger partial charge in [-0.15, -0.1) is 0 Å². The van der Waals surface area contributed by atoms with E-state index < -0.39 is 11.2 Å². The highest BCUT2D eigenvalue weighted by atomic mass is 35.5. The van der Waals surface area contributed by atoms with Crippen LogP contribution in [-0.4, -0.2) is 21.6 Å². The van der Waals surface area contributed by atoms with Gasteiger partial charge in [0.05, 0.1) is 12.7 Å². The van der Waals surface area contributed by atoms with Crippen LogP contribution in [0.15, 0.2) is 44.5 Å². The van der Waals surface area contributed by atoms with E-state index in [2.05, 4.69) is 9.97 Å². The molecular weight excluding hydrogens is 382 g/mol. The van der Waals surface area contributed by atoms with Gasteiger partial charge in [0.15, 0.2) is 5.76 Å². The molecule has 0 unspecified atom stereocenters. The van der Waals surface area contributed by atoms with Crippen molar-refractivity contribution in [1.82, 2.24) is 14.5 Å². The van der Waals surface area contributed by atoms with Crippen LogP contribution >= 0.6 is 11.6 Å². The highest BCUT2D eigenvalue weighted by Crippen LogP contribution is 2.24. The second-order valence-corrected chi connectivity index (χ2v) is 6.92. The lowest BCUT2D eigenvalue weighted by atomic mass is 10.2. The molecule has 0 saturated heterocycles. The van der Waals surface area contributed by atoms with Gasteiger partial charge in [0.25, 0.3) is 5.56 Å². The summed E-state index contributed by atoms with van der Waals surface area (Å²) in [5.74, 6) is 1.11. The smallest absolute Gasteiger partial charge is 0.330 e. The number of H-pyrrole nitrogens is 1. The lowest BCUT2D eigenvalue weighted by Gasteiger charge is -2.20. The van der Waals surface area contributed by atoms with E-state index in [9.17, 15) is 9.59 Å². The Balaban J connectivity index is 1.87. The van der Waals surface area contributed by atoms with Crippen molar-refractivity contribution in [3.05, 3.63) is 62.2 Å². The maximum Gasteiger partial charge on any atom is 0.330 e. The molecule has 0 aliphatic heterocycles. The van der Waals surface area contributed by atoms with Crippen LogP contribution in [0, 0.1) is 0 Å². The Labute approximate surface area is 166 Å². The number of nitrogen functional groups attached to an aromatic ring is 1. The quantitative estimate of drug-likeness (QED) is 0.627. The summed E-state index contributed by atoms with van der Waals surface area (Å²) in [4.78, 5) is 32.6. The first-order chi connectivity index (χ1) is 13.4. The molecular formula is C19H22ClN5O3. The average Bonchev–Trinajstić information content (AvgIpc) is 3.09. The van der Waals surface area contributed by atoms with Gasteiger partial charge in [0, 0.05) is 24.2 Å². The molecule has 148 valence electrons. The third-order valence-electron chi connectivity index (χ3n) is 4.37. The molecule has 0 fully saturated rings. The molecule has 9 heteroatoms. The minimum atomic E-state index is -0.542. The number of hydrogen-bond donors (Lipinski definition) is 2. The fraction of sp³-hybridized carbons (Fsp3) is 0.316. The third kappa shape index (κ3) is 4.12. The molecule has 3 aromatic rings. The molecule has 0 aliphatic rings. The highest BCUT2D eigenvalue weighted by Gasteiger charge is 2.18. The molecule has 2 aromatic heterocycles. The highest BCUT2D eigenvalue weighted by molar-refractivity contribution is 6.30. The number of unbranched alkanes of at least 4 members (excludes halogenated alkanes) is 1. The number of oxazole rings is 1. The summed E-state index contributed by atoms with van der Waals surface area (Å²) in [6.45, 7) is 2.66. The van der Waals surface area contributed by atoms with E-state index in [4.69, 9.17) is 21.8 Å². The summed E-state index contributed by atoms with van der Waals surface area (Å²) in [5.41, 5.74) is 6.09. The number of nitrogens with zero attached hydrogens (tertiary/aromatic N) is 3. The second kappa shape index (κ2) is 8.35. The SMILES string of the molecule is CCCCn1c(N)c(N(C)Cc2ncc(-c3cccc(Cl)c3)o2)c(=O)[nH]c1=O. The molecule has 3 rings (SSSR count). The Bertz CT molecular complexity index is 1090. The van der Waals surface area contributed by atoms with Crippen LogP contribution in [-0.2, 0) is 13.1 Å². The van der Waals surface area contributed by atoms with Crippen molar-refractivity contribution in [2.24, 2.45) is 0 Å². The Kier molecular flexibility index (Phi) is 5.89. The first kappa shape index (κ1) is 19.8. The van der Waals surface area contributed by atoms with Gasteiger partial charge in [0.2, 0.25) is 5.89 Å². The van der Waals surface area contributed by atoms with E-state index >= 15 is 0 Å². The van der Waals surface area contributed by atoms with Crippen LogP contribution < -0.4 is 21.9 Å². The monoisotopic (exact) mass is 403 g/mol. The van der Waals surface area contributed by atoms with Gasteiger partial charge in [0.1, 0.15) is 11.5 Å². The topological polar surface area (TPSA) is 110 Å². The molecule has 1 aromatic carbocycles. The zero-order valence-electron chi connectivity index (χ0n) is 15.7. The van der Waals surface area contributed by atoms with Crippen molar-refractivity contribution in [3.63, 3.8) is 0 Å².